The lowest BCUT2D eigenvalue weighted by molar-refractivity contribution is -0.134. The molecule has 0 aromatic carbocycles. The lowest BCUT2D eigenvalue weighted by Crippen LogP contribution is -2.35. The summed E-state index contributed by atoms with van der Waals surface area (Å²) >= 11 is 0. The predicted molar refractivity (Wildman–Crippen MR) is 78.9 cm³/mol. The van der Waals surface area contributed by atoms with Gasteiger partial charge in [-0.1, -0.05) is 0 Å². The van der Waals surface area contributed by atoms with Crippen molar-refractivity contribution >= 4 is 17.5 Å². The zero-order valence-corrected chi connectivity index (χ0v) is 12.7. The van der Waals surface area contributed by atoms with Crippen LogP contribution in [0.2, 0.25) is 0 Å². The van der Waals surface area contributed by atoms with Crippen LogP contribution < -0.4 is 4.90 Å². The van der Waals surface area contributed by atoms with Crippen LogP contribution in [0.5, 0.6) is 0 Å². The second-order valence-electron chi connectivity index (χ2n) is 6.21. The highest BCUT2D eigenvalue weighted by Gasteiger charge is 2.38. The summed E-state index contributed by atoms with van der Waals surface area (Å²) in [6.45, 7) is 6.26. The number of rotatable bonds is 3. The fraction of sp³-hybridized carbons (Fsp3) is 0.667. The molecule has 1 atom stereocenters. The number of carbonyl (C=O) groups is 2. The van der Waals surface area contributed by atoms with Crippen LogP contribution in [0.3, 0.4) is 0 Å². The minimum atomic E-state index is -0.196. The Balaban J connectivity index is 1.70. The van der Waals surface area contributed by atoms with Gasteiger partial charge in [0.25, 0.3) is 0 Å². The molecule has 1 aromatic heterocycles. The fourth-order valence-corrected chi connectivity index (χ4v) is 3.07. The van der Waals surface area contributed by atoms with Gasteiger partial charge < -0.3 is 9.80 Å². The smallest absolute Gasteiger partial charge is 0.228 e. The van der Waals surface area contributed by atoms with Crippen molar-refractivity contribution in [2.45, 2.75) is 39.2 Å². The van der Waals surface area contributed by atoms with Crippen LogP contribution in [0.25, 0.3) is 0 Å². The lowest BCUT2D eigenvalue weighted by atomic mass is 10.1. The molecule has 0 saturated carbocycles. The molecule has 0 aliphatic carbocycles. The van der Waals surface area contributed by atoms with Crippen molar-refractivity contribution in [3.05, 3.63) is 12.4 Å². The van der Waals surface area contributed by atoms with Gasteiger partial charge in [0.2, 0.25) is 11.8 Å². The maximum Gasteiger partial charge on any atom is 0.228 e. The molecule has 0 bridgehead atoms. The van der Waals surface area contributed by atoms with E-state index in [4.69, 9.17) is 0 Å². The molecular formula is C15H22N4O2. The molecular weight excluding hydrogens is 268 g/mol. The molecule has 3 rings (SSSR count). The summed E-state index contributed by atoms with van der Waals surface area (Å²) < 4.78 is 1.83. The van der Waals surface area contributed by atoms with Crippen LogP contribution in [-0.2, 0) is 9.59 Å². The van der Waals surface area contributed by atoms with Gasteiger partial charge in [-0.25, -0.2) is 0 Å². The molecule has 2 saturated heterocycles. The molecule has 2 aliphatic heterocycles. The number of hydrogen-bond donors (Lipinski definition) is 0. The van der Waals surface area contributed by atoms with E-state index in [0.717, 1.165) is 31.6 Å². The van der Waals surface area contributed by atoms with E-state index in [9.17, 15) is 9.59 Å². The van der Waals surface area contributed by atoms with E-state index in [1.165, 1.54) is 0 Å². The summed E-state index contributed by atoms with van der Waals surface area (Å²) in [6, 6.07) is 0.262. The number of likely N-dealkylation sites (tertiary alicyclic amines) is 1. The molecule has 6 heteroatoms. The molecule has 21 heavy (non-hydrogen) atoms. The molecule has 114 valence electrons. The van der Waals surface area contributed by atoms with E-state index in [2.05, 4.69) is 5.10 Å². The minimum Gasteiger partial charge on any atom is -0.342 e. The van der Waals surface area contributed by atoms with Crippen LogP contribution in [0.1, 0.15) is 39.2 Å². The normalized spacial score (nSPS) is 22.6. The van der Waals surface area contributed by atoms with E-state index in [-0.39, 0.29) is 23.8 Å². The molecule has 0 spiro atoms. The summed E-state index contributed by atoms with van der Waals surface area (Å²) in [5.74, 6) is -0.0338. The quantitative estimate of drug-likeness (QED) is 0.846. The van der Waals surface area contributed by atoms with Crippen LogP contribution >= 0.6 is 0 Å². The summed E-state index contributed by atoms with van der Waals surface area (Å²) in [6.07, 6.45) is 6.07. The summed E-state index contributed by atoms with van der Waals surface area (Å²) in [4.78, 5) is 28.2. The van der Waals surface area contributed by atoms with Crippen molar-refractivity contribution in [3.8, 4) is 0 Å². The number of hydrogen-bond acceptors (Lipinski definition) is 3. The van der Waals surface area contributed by atoms with Gasteiger partial charge in [-0.3, -0.25) is 14.3 Å². The van der Waals surface area contributed by atoms with Gasteiger partial charge in [-0.05, 0) is 26.7 Å². The first kappa shape index (κ1) is 14.1. The fourth-order valence-electron chi connectivity index (χ4n) is 3.07. The highest BCUT2D eigenvalue weighted by molar-refractivity contribution is 6.00. The van der Waals surface area contributed by atoms with Crippen molar-refractivity contribution in [1.29, 1.82) is 0 Å². The van der Waals surface area contributed by atoms with Gasteiger partial charge in [-0.2, -0.15) is 5.10 Å². The number of anilines is 1. The largest absolute Gasteiger partial charge is 0.342 e. The molecule has 6 nitrogen and oxygen atoms in total. The topological polar surface area (TPSA) is 58.4 Å². The van der Waals surface area contributed by atoms with Crippen molar-refractivity contribution in [3.63, 3.8) is 0 Å². The van der Waals surface area contributed by atoms with Crippen molar-refractivity contribution in [2.75, 3.05) is 24.5 Å². The van der Waals surface area contributed by atoms with Gasteiger partial charge >= 0.3 is 0 Å². The number of nitrogens with zero attached hydrogens (tertiary/aromatic N) is 4. The van der Waals surface area contributed by atoms with Crippen LogP contribution in [0.15, 0.2) is 12.4 Å². The first-order valence-electron chi connectivity index (χ1n) is 7.69. The van der Waals surface area contributed by atoms with Gasteiger partial charge in [0.1, 0.15) is 0 Å². The highest BCUT2D eigenvalue weighted by atomic mass is 16.2. The number of amides is 2. The van der Waals surface area contributed by atoms with Crippen molar-refractivity contribution in [1.82, 2.24) is 14.7 Å². The van der Waals surface area contributed by atoms with E-state index in [0.29, 0.717) is 13.0 Å². The molecule has 1 aromatic rings. The van der Waals surface area contributed by atoms with E-state index >= 15 is 0 Å². The highest BCUT2D eigenvalue weighted by Crippen LogP contribution is 2.27. The Morgan fingerprint density at radius 2 is 2.05 bits per heavy atom. The second kappa shape index (κ2) is 5.50. The first-order chi connectivity index (χ1) is 10.1. The first-order valence-corrected chi connectivity index (χ1v) is 7.69. The van der Waals surface area contributed by atoms with E-state index < -0.39 is 0 Å². The zero-order valence-electron chi connectivity index (χ0n) is 12.7. The Morgan fingerprint density at radius 1 is 1.33 bits per heavy atom. The second-order valence-corrected chi connectivity index (χ2v) is 6.21. The van der Waals surface area contributed by atoms with Gasteiger partial charge in [-0.15, -0.1) is 0 Å². The summed E-state index contributed by atoms with van der Waals surface area (Å²) in [5.41, 5.74) is 0.797. The Morgan fingerprint density at radius 3 is 2.67 bits per heavy atom. The molecule has 0 N–H and O–H groups in total. The average Bonchev–Trinajstić information content (AvgIpc) is 3.18. The molecule has 3 heterocycles. The monoisotopic (exact) mass is 290 g/mol. The maximum atomic E-state index is 12.4. The average molecular weight is 290 g/mol. The molecule has 2 fully saturated rings. The Kier molecular flexibility index (Phi) is 3.69. The van der Waals surface area contributed by atoms with Crippen molar-refractivity contribution in [2.24, 2.45) is 5.92 Å². The SMILES string of the molecule is CC(C)n1cc(N2C[C@@H](C(=O)N3CCCC3)CC2=O)cn1. The van der Waals surface area contributed by atoms with Crippen LogP contribution in [-0.4, -0.2) is 46.1 Å². The van der Waals surface area contributed by atoms with Gasteiger partial charge in [0.05, 0.1) is 17.8 Å². The summed E-state index contributed by atoms with van der Waals surface area (Å²) in [5, 5.41) is 4.27. The number of carbonyl (C=O) groups excluding carboxylic acids is 2. The molecule has 0 unspecified atom stereocenters. The zero-order chi connectivity index (χ0) is 15.0. The minimum absolute atomic E-state index is 0.0239. The van der Waals surface area contributed by atoms with Gasteiger partial charge in [0, 0.05) is 38.3 Å². The third-order valence-corrected chi connectivity index (χ3v) is 4.32. The Labute approximate surface area is 124 Å². The van der Waals surface area contributed by atoms with Gasteiger partial charge in [0.15, 0.2) is 0 Å². The van der Waals surface area contributed by atoms with Crippen LogP contribution in [0, 0.1) is 5.92 Å². The maximum absolute atomic E-state index is 12.4. The third kappa shape index (κ3) is 2.66. The van der Waals surface area contributed by atoms with E-state index in [1.807, 2.05) is 29.6 Å². The molecule has 2 aliphatic rings. The lowest BCUT2D eigenvalue weighted by Gasteiger charge is -2.19. The Bertz CT molecular complexity index is 546. The van der Waals surface area contributed by atoms with E-state index in [1.54, 1.807) is 11.1 Å². The summed E-state index contributed by atoms with van der Waals surface area (Å²) in [7, 11) is 0. The van der Waals surface area contributed by atoms with Crippen LogP contribution in [0.4, 0.5) is 5.69 Å². The Hall–Kier alpha value is -1.85. The molecule has 2 amide bonds. The molecule has 0 radical (unpaired) electrons. The standard InChI is InChI=1S/C15H22N4O2/c1-11(2)19-10-13(8-16-19)18-9-12(7-14(18)20)15(21)17-5-3-4-6-17/h8,10-12H,3-7,9H2,1-2H3/t12-/m0/s1. The number of aromatic nitrogens is 2. The predicted octanol–water partition coefficient (Wildman–Crippen LogP) is 1.44. The third-order valence-electron chi connectivity index (χ3n) is 4.32. The van der Waals surface area contributed by atoms with Crippen molar-refractivity contribution < 1.29 is 9.59 Å².